The molecule has 0 aliphatic carbocycles. The Morgan fingerprint density at radius 1 is 1.14 bits per heavy atom. The van der Waals surface area contributed by atoms with Crippen molar-refractivity contribution in [1.82, 2.24) is 9.55 Å². The monoisotopic (exact) mass is 304 g/mol. The Morgan fingerprint density at radius 2 is 1.73 bits per heavy atom. The van der Waals surface area contributed by atoms with Crippen LogP contribution in [0.2, 0.25) is 0 Å². The van der Waals surface area contributed by atoms with E-state index in [1.54, 1.807) is 10.9 Å². The smallest absolute Gasteiger partial charge is 0.324 e. The maximum absolute atomic E-state index is 12.7. The summed E-state index contributed by atoms with van der Waals surface area (Å²) in [4.78, 5) is 16.8. The van der Waals surface area contributed by atoms with Crippen molar-refractivity contribution in [2.45, 2.75) is 18.9 Å². The average Bonchev–Trinajstić information content (AvgIpc) is 3.06. The van der Waals surface area contributed by atoms with Crippen LogP contribution < -0.4 is 0 Å². The Labute approximate surface area is 129 Å². The number of ketones is 1. The van der Waals surface area contributed by atoms with Crippen LogP contribution in [-0.2, 0) is 14.2 Å². The van der Waals surface area contributed by atoms with E-state index < -0.39 is 11.8 Å². The van der Waals surface area contributed by atoms with E-state index in [2.05, 4.69) is 4.98 Å². The SMILES string of the molecule is COC(OC)(OC)C(=O)c1cncn1[C@H](C)c1ccccc1. The Balaban J connectivity index is 2.39. The van der Waals surface area contributed by atoms with E-state index in [-0.39, 0.29) is 6.04 Å². The molecule has 6 nitrogen and oxygen atoms in total. The van der Waals surface area contributed by atoms with Gasteiger partial charge in [0.1, 0.15) is 5.69 Å². The number of carbonyl (C=O) groups excluding carboxylic acids is 1. The van der Waals surface area contributed by atoms with Gasteiger partial charge >= 0.3 is 5.97 Å². The van der Waals surface area contributed by atoms with Crippen molar-refractivity contribution >= 4 is 5.78 Å². The predicted molar refractivity (Wildman–Crippen MR) is 80.6 cm³/mol. The zero-order chi connectivity index (χ0) is 16.2. The molecule has 0 saturated heterocycles. The van der Waals surface area contributed by atoms with Crippen molar-refractivity contribution in [2.24, 2.45) is 0 Å². The molecule has 0 fully saturated rings. The molecule has 1 heterocycles. The van der Waals surface area contributed by atoms with Crippen LogP contribution >= 0.6 is 0 Å². The Kier molecular flexibility index (Phi) is 5.07. The number of rotatable bonds is 7. The second-order valence-corrected chi connectivity index (χ2v) is 4.77. The molecule has 6 heteroatoms. The third-order valence-electron chi connectivity index (χ3n) is 3.68. The third-order valence-corrected chi connectivity index (χ3v) is 3.68. The molecule has 0 saturated carbocycles. The lowest BCUT2D eigenvalue weighted by molar-refractivity contribution is -0.312. The first kappa shape index (κ1) is 16.4. The number of nitrogens with zero attached hydrogens (tertiary/aromatic N) is 2. The fourth-order valence-electron chi connectivity index (χ4n) is 2.37. The second kappa shape index (κ2) is 6.83. The maximum Gasteiger partial charge on any atom is 0.352 e. The molecule has 0 aliphatic heterocycles. The highest BCUT2D eigenvalue weighted by Crippen LogP contribution is 2.24. The summed E-state index contributed by atoms with van der Waals surface area (Å²) >= 11 is 0. The van der Waals surface area contributed by atoms with Gasteiger partial charge in [0, 0.05) is 21.3 Å². The van der Waals surface area contributed by atoms with Gasteiger partial charge in [0.05, 0.1) is 18.6 Å². The second-order valence-electron chi connectivity index (χ2n) is 4.77. The minimum absolute atomic E-state index is 0.0640. The van der Waals surface area contributed by atoms with Gasteiger partial charge in [0.15, 0.2) is 0 Å². The topological polar surface area (TPSA) is 62.6 Å². The van der Waals surface area contributed by atoms with E-state index in [4.69, 9.17) is 14.2 Å². The summed E-state index contributed by atoms with van der Waals surface area (Å²) in [6.07, 6.45) is 3.09. The summed E-state index contributed by atoms with van der Waals surface area (Å²) < 4.78 is 17.1. The van der Waals surface area contributed by atoms with Gasteiger partial charge < -0.3 is 18.8 Å². The van der Waals surface area contributed by atoms with Gasteiger partial charge in [0.2, 0.25) is 0 Å². The number of benzene rings is 1. The van der Waals surface area contributed by atoms with Crippen molar-refractivity contribution in [2.75, 3.05) is 21.3 Å². The van der Waals surface area contributed by atoms with Crippen molar-refractivity contribution in [3.8, 4) is 0 Å². The van der Waals surface area contributed by atoms with Crippen LogP contribution in [0.25, 0.3) is 0 Å². The van der Waals surface area contributed by atoms with E-state index in [9.17, 15) is 4.79 Å². The highest BCUT2D eigenvalue weighted by molar-refractivity contribution is 5.99. The molecule has 0 bridgehead atoms. The molecular formula is C16H20N2O4. The maximum atomic E-state index is 12.7. The number of methoxy groups -OCH3 is 3. The fourth-order valence-corrected chi connectivity index (χ4v) is 2.37. The van der Waals surface area contributed by atoms with Gasteiger partial charge in [-0.05, 0) is 12.5 Å². The Morgan fingerprint density at radius 3 is 2.27 bits per heavy atom. The molecule has 0 amide bonds. The number of imidazole rings is 1. The Hall–Kier alpha value is -2.02. The first-order valence-corrected chi connectivity index (χ1v) is 6.86. The van der Waals surface area contributed by atoms with E-state index in [1.807, 2.05) is 37.3 Å². The molecule has 1 atom stereocenters. The van der Waals surface area contributed by atoms with E-state index in [0.29, 0.717) is 5.69 Å². The van der Waals surface area contributed by atoms with Crippen LogP contribution in [-0.4, -0.2) is 42.6 Å². The van der Waals surface area contributed by atoms with Crippen LogP contribution in [0.5, 0.6) is 0 Å². The van der Waals surface area contributed by atoms with Crippen LogP contribution in [0.3, 0.4) is 0 Å². The molecule has 1 aromatic carbocycles. The van der Waals surface area contributed by atoms with Gasteiger partial charge in [0.25, 0.3) is 5.78 Å². The first-order chi connectivity index (χ1) is 10.6. The lowest BCUT2D eigenvalue weighted by Gasteiger charge is -2.27. The standard InChI is InChI=1S/C16H20N2O4/c1-12(13-8-6-5-7-9-13)18-11-17-10-14(18)15(19)16(20-2,21-3)22-4/h5-12H,1-4H3/t12-/m1/s1. The fraction of sp³-hybridized carbons (Fsp3) is 0.375. The van der Waals surface area contributed by atoms with Crippen LogP contribution in [0.15, 0.2) is 42.9 Å². The number of aromatic nitrogens is 2. The quantitative estimate of drug-likeness (QED) is 0.580. The normalized spacial score (nSPS) is 13.1. The van der Waals surface area contributed by atoms with Gasteiger partial charge in [-0.3, -0.25) is 4.79 Å². The number of hydrogen-bond donors (Lipinski definition) is 0. The zero-order valence-electron chi connectivity index (χ0n) is 13.1. The highest BCUT2D eigenvalue weighted by atomic mass is 16.9. The molecule has 0 radical (unpaired) electrons. The molecule has 22 heavy (non-hydrogen) atoms. The summed E-state index contributed by atoms with van der Waals surface area (Å²) in [5.74, 6) is -2.21. The molecule has 0 spiro atoms. The number of hydrogen-bond acceptors (Lipinski definition) is 5. The molecule has 2 rings (SSSR count). The third kappa shape index (κ3) is 2.81. The van der Waals surface area contributed by atoms with Crippen molar-refractivity contribution in [3.63, 3.8) is 0 Å². The van der Waals surface area contributed by atoms with E-state index in [0.717, 1.165) is 5.56 Å². The molecule has 0 unspecified atom stereocenters. The van der Waals surface area contributed by atoms with Crippen molar-refractivity contribution in [3.05, 3.63) is 54.1 Å². The van der Waals surface area contributed by atoms with Crippen molar-refractivity contribution < 1.29 is 19.0 Å². The minimum atomic E-state index is -1.77. The summed E-state index contributed by atoms with van der Waals surface area (Å²) in [6.45, 7) is 1.99. The molecule has 2 aromatic rings. The van der Waals surface area contributed by atoms with Gasteiger partial charge in [-0.1, -0.05) is 30.3 Å². The van der Waals surface area contributed by atoms with Gasteiger partial charge in [-0.2, -0.15) is 0 Å². The summed E-state index contributed by atoms with van der Waals surface area (Å²) in [7, 11) is 4.06. The predicted octanol–water partition coefficient (Wildman–Crippen LogP) is 2.27. The largest absolute Gasteiger partial charge is 0.352 e. The molecular weight excluding hydrogens is 284 g/mol. The van der Waals surface area contributed by atoms with E-state index >= 15 is 0 Å². The average molecular weight is 304 g/mol. The van der Waals surface area contributed by atoms with Crippen molar-refractivity contribution in [1.29, 1.82) is 0 Å². The van der Waals surface area contributed by atoms with Gasteiger partial charge in [-0.15, -0.1) is 0 Å². The van der Waals surface area contributed by atoms with Crippen LogP contribution in [0.4, 0.5) is 0 Å². The number of Topliss-reactive ketones (excluding diaryl/α,β-unsaturated/α-hetero) is 1. The Bertz CT molecular complexity index is 612. The lowest BCUT2D eigenvalue weighted by Crippen LogP contribution is -2.45. The summed E-state index contributed by atoms with van der Waals surface area (Å²) in [5.41, 5.74) is 1.41. The van der Waals surface area contributed by atoms with Crippen LogP contribution in [0.1, 0.15) is 29.0 Å². The lowest BCUT2D eigenvalue weighted by atomic mass is 10.1. The number of carbonyl (C=O) groups is 1. The first-order valence-electron chi connectivity index (χ1n) is 6.86. The molecule has 0 N–H and O–H groups in total. The van der Waals surface area contributed by atoms with E-state index in [1.165, 1.54) is 27.5 Å². The van der Waals surface area contributed by atoms with Crippen LogP contribution in [0, 0.1) is 0 Å². The van der Waals surface area contributed by atoms with Gasteiger partial charge in [-0.25, -0.2) is 4.98 Å². The summed E-state index contributed by atoms with van der Waals surface area (Å²) in [6, 6.07) is 9.78. The number of ether oxygens (including phenoxy) is 3. The highest BCUT2D eigenvalue weighted by Gasteiger charge is 2.42. The minimum Gasteiger partial charge on any atom is -0.324 e. The summed E-state index contributed by atoms with van der Waals surface area (Å²) in [5, 5.41) is 0. The molecule has 118 valence electrons. The molecule has 0 aliphatic rings. The molecule has 1 aromatic heterocycles. The zero-order valence-corrected chi connectivity index (χ0v) is 13.1.